The van der Waals surface area contributed by atoms with Crippen molar-refractivity contribution in [1.82, 2.24) is 5.32 Å². The molecular weight excluding hydrogens is 338 g/mol. The van der Waals surface area contributed by atoms with Crippen LogP contribution in [0.3, 0.4) is 0 Å². The third kappa shape index (κ3) is 5.34. The lowest BCUT2D eigenvalue weighted by Gasteiger charge is -2.16. The molecule has 0 spiro atoms. The molecule has 0 heterocycles. The molecule has 0 fully saturated rings. The van der Waals surface area contributed by atoms with Gasteiger partial charge in [0.15, 0.2) is 12.4 Å². The van der Waals surface area contributed by atoms with E-state index in [1.165, 1.54) is 19.1 Å². The van der Waals surface area contributed by atoms with Crippen LogP contribution in [0.1, 0.15) is 22.8 Å². The number of ether oxygens (including phenoxy) is 1. The Morgan fingerprint density at radius 1 is 1.08 bits per heavy atom. The van der Waals surface area contributed by atoms with Crippen molar-refractivity contribution in [3.05, 3.63) is 59.7 Å². The molecule has 7 nitrogen and oxygen atoms in total. The molecule has 0 saturated carbocycles. The third-order valence-electron chi connectivity index (χ3n) is 3.64. The van der Waals surface area contributed by atoms with Crippen molar-refractivity contribution in [2.45, 2.75) is 19.4 Å². The molecule has 1 amide bonds. The van der Waals surface area contributed by atoms with Crippen molar-refractivity contribution in [2.24, 2.45) is 0 Å². The number of ketones is 1. The summed E-state index contributed by atoms with van der Waals surface area (Å²) in [4.78, 5) is 35.6. The summed E-state index contributed by atoms with van der Waals surface area (Å²) >= 11 is 0. The van der Waals surface area contributed by atoms with Crippen LogP contribution in [-0.2, 0) is 20.7 Å². The van der Waals surface area contributed by atoms with Gasteiger partial charge in [0, 0.05) is 6.07 Å². The number of amides is 1. The number of Topliss-reactive ketones (excluding diaryl/α,β-unsaturated/α-hetero) is 1. The van der Waals surface area contributed by atoms with Gasteiger partial charge >= 0.3 is 5.97 Å². The van der Waals surface area contributed by atoms with Gasteiger partial charge in [-0.25, -0.2) is 4.79 Å². The lowest BCUT2D eigenvalue weighted by atomic mass is 10.0. The molecule has 2 rings (SSSR count). The highest BCUT2D eigenvalue weighted by atomic mass is 16.5. The predicted molar refractivity (Wildman–Crippen MR) is 92.8 cm³/mol. The van der Waals surface area contributed by atoms with Gasteiger partial charge in [0.25, 0.3) is 5.91 Å². The lowest BCUT2D eigenvalue weighted by Crippen LogP contribution is -2.43. The summed E-state index contributed by atoms with van der Waals surface area (Å²) in [6.07, 6.45) is 0.328. The van der Waals surface area contributed by atoms with Gasteiger partial charge < -0.3 is 20.3 Å². The van der Waals surface area contributed by atoms with Gasteiger partial charge in [-0.3, -0.25) is 9.59 Å². The molecule has 0 unspecified atom stereocenters. The molecule has 7 heteroatoms. The second kappa shape index (κ2) is 8.66. The van der Waals surface area contributed by atoms with E-state index >= 15 is 0 Å². The standard InChI is InChI=1S/C19H19NO6/c1-12(21)16(9-13-5-3-2-4-6-13)20-18(24)11-26-19(25)15-8-7-14(22)10-17(15)23/h2-8,10,16,22-23H,9,11H2,1H3,(H,20,24)/t16-/m0/s1. The molecule has 26 heavy (non-hydrogen) atoms. The minimum absolute atomic E-state index is 0.178. The van der Waals surface area contributed by atoms with Crippen LogP contribution in [0.15, 0.2) is 48.5 Å². The van der Waals surface area contributed by atoms with Gasteiger partial charge in [0.1, 0.15) is 17.1 Å². The predicted octanol–water partition coefficient (Wildman–Crippen LogP) is 1.57. The number of nitrogens with one attached hydrogen (secondary N) is 1. The lowest BCUT2D eigenvalue weighted by molar-refractivity contribution is -0.128. The zero-order valence-electron chi connectivity index (χ0n) is 14.1. The zero-order valence-corrected chi connectivity index (χ0v) is 14.1. The molecule has 0 radical (unpaired) electrons. The van der Waals surface area contributed by atoms with E-state index in [-0.39, 0.29) is 17.1 Å². The van der Waals surface area contributed by atoms with Gasteiger partial charge in [-0.15, -0.1) is 0 Å². The van der Waals surface area contributed by atoms with Crippen LogP contribution in [0.5, 0.6) is 11.5 Å². The number of rotatable bonds is 7. The number of hydrogen-bond donors (Lipinski definition) is 3. The molecule has 0 aromatic heterocycles. The number of benzene rings is 2. The van der Waals surface area contributed by atoms with Gasteiger partial charge in [-0.05, 0) is 31.0 Å². The van der Waals surface area contributed by atoms with Crippen molar-refractivity contribution in [3.63, 3.8) is 0 Å². The van der Waals surface area contributed by atoms with Gasteiger partial charge in [0.2, 0.25) is 0 Å². The molecule has 3 N–H and O–H groups in total. The summed E-state index contributed by atoms with van der Waals surface area (Å²) in [6.45, 7) is 0.770. The van der Waals surface area contributed by atoms with E-state index in [2.05, 4.69) is 5.32 Å². The fourth-order valence-corrected chi connectivity index (χ4v) is 2.28. The van der Waals surface area contributed by atoms with Crippen LogP contribution >= 0.6 is 0 Å². The first-order valence-corrected chi connectivity index (χ1v) is 7.89. The Morgan fingerprint density at radius 2 is 1.77 bits per heavy atom. The minimum Gasteiger partial charge on any atom is -0.508 e. The van der Waals surface area contributed by atoms with Gasteiger partial charge in [0.05, 0.1) is 6.04 Å². The van der Waals surface area contributed by atoms with Gasteiger partial charge in [-0.1, -0.05) is 30.3 Å². The fraction of sp³-hybridized carbons (Fsp3) is 0.211. The number of aromatic hydroxyl groups is 2. The topological polar surface area (TPSA) is 113 Å². The molecule has 0 aliphatic rings. The Kier molecular flexibility index (Phi) is 6.32. The number of hydrogen-bond acceptors (Lipinski definition) is 6. The van der Waals surface area contributed by atoms with Crippen molar-refractivity contribution >= 4 is 17.7 Å². The van der Waals surface area contributed by atoms with Crippen LogP contribution < -0.4 is 5.32 Å². The van der Waals surface area contributed by atoms with E-state index in [1.54, 1.807) is 0 Å². The van der Waals surface area contributed by atoms with Crippen molar-refractivity contribution in [2.75, 3.05) is 6.61 Å². The van der Waals surface area contributed by atoms with E-state index in [4.69, 9.17) is 4.74 Å². The van der Waals surface area contributed by atoms with E-state index in [1.807, 2.05) is 30.3 Å². The summed E-state index contributed by atoms with van der Waals surface area (Å²) in [5.74, 6) is -2.43. The molecule has 136 valence electrons. The normalized spacial score (nSPS) is 11.4. The maximum Gasteiger partial charge on any atom is 0.342 e. The fourth-order valence-electron chi connectivity index (χ4n) is 2.28. The molecule has 2 aromatic carbocycles. The summed E-state index contributed by atoms with van der Waals surface area (Å²) in [5.41, 5.74) is 0.710. The molecule has 1 atom stereocenters. The van der Waals surface area contributed by atoms with Crippen molar-refractivity contribution < 1.29 is 29.3 Å². The third-order valence-corrected chi connectivity index (χ3v) is 3.64. The van der Waals surface area contributed by atoms with E-state index in [0.29, 0.717) is 6.42 Å². The van der Waals surface area contributed by atoms with Crippen LogP contribution in [-0.4, -0.2) is 40.5 Å². The monoisotopic (exact) mass is 357 g/mol. The first kappa shape index (κ1) is 19.0. The highest BCUT2D eigenvalue weighted by molar-refractivity contribution is 5.94. The number of phenols is 2. The van der Waals surface area contributed by atoms with E-state index in [0.717, 1.165) is 11.6 Å². The second-order valence-electron chi connectivity index (χ2n) is 5.70. The van der Waals surface area contributed by atoms with Gasteiger partial charge in [-0.2, -0.15) is 0 Å². The largest absolute Gasteiger partial charge is 0.508 e. The van der Waals surface area contributed by atoms with Crippen molar-refractivity contribution in [3.8, 4) is 11.5 Å². The number of esters is 1. The maximum atomic E-state index is 12.0. The number of phenolic OH excluding ortho intramolecular Hbond substituents is 2. The van der Waals surface area contributed by atoms with Crippen LogP contribution in [0.2, 0.25) is 0 Å². The first-order valence-electron chi connectivity index (χ1n) is 7.89. The summed E-state index contributed by atoms with van der Waals surface area (Å²) in [5, 5.41) is 21.3. The quantitative estimate of drug-likeness (QED) is 0.648. The Balaban J connectivity index is 1.91. The van der Waals surface area contributed by atoms with Crippen LogP contribution in [0.4, 0.5) is 0 Å². The first-order chi connectivity index (χ1) is 12.4. The minimum atomic E-state index is -0.917. The average molecular weight is 357 g/mol. The summed E-state index contributed by atoms with van der Waals surface area (Å²) in [6, 6.07) is 11.9. The number of carbonyl (C=O) groups excluding carboxylic acids is 3. The molecule has 0 aliphatic carbocycles. The Hall–Kier alpha value is -3.35. The highest BCUT2D eigenvalue weighted by Crippen LogP contribution is 2.23. The van der Waals surface area contributed by atoms with Crippen LogP contribution in [0, 0.1) is 0 Å². The second-order valence-corrected chi connectivity index (χ2v) is 5.70. The van der Waals surface area contributed by atoms with E-state index < -0.39 is 30.3 Å². The SMILES string of the molecule is CC(=O)[C@H](Cc1ccccc1)NC(=O)COC(=O)c1ccc(O)cc1O. The molecular formula is C19H19NO6. The summed E-state index contributed by atoms with van der Waals surface area (Å²) < 4.78 is 4.84. The zero-order chi connectivity index (χ0) is 19.1. The van der Waals surface area contributed by atoms with E-state index in [9.17, 15) is 24.6 Å². The smallest absolute Gasteiger partial charge is 0.342 e. The summed E-state index contributed by atoms with van der Waals surface area (Å²) in [7, 11) is 0. The maximum absolute atomic E-state index is 12.0. The Bertz CT molecular complexity index is 803. The average Bonchev–Trinajstić information content (AvgIpc) is 2.60. The highest BCUT2D eigenvalue weighted by Gasteiger charge is 2.20. The molecule has 0 aliphatic heterocycles. The van der Waals surface area contributed by atoms with Crippen molar-refractivity contribution in [1.29, 1.82) is 0 Å². The Morgan fingerprint density at radius 3 is 2.38 bits per heavy atom. The Labute approximate surface area is 150 Å². The molecule has 0 saturated heterocycles. The molecule has 2 aromatic rings. The van der Waals surface area contributed by atoms with Crippen LogP contribution in [0.25, 0.3) is 0 Å². The number of carbonyl (C=O) groups is 3. The molecule has 0 bridgehead atoms.